The van der Waals surface area contributed by atoms with Gasteiger partial charge in [0, 0.05) is 6.20 Å². The number of fused-ring (bicyclic) bond motifs is 1. The zero-order chi connectivity index (χ0) is 22.5. The smallest absolute Gasteiger partial charge is 0.417 e. The molecule has 1 aliphatic rings. The van der Waals surface area contributed by atoms with Crippen LogP contribution in [0, 0.1) is 11.6 Å². The Morgan fingerprint density at radius 3 is 2.42 bits per heavy atom. The lowest BCUT2D eigenvalue weighted by molar-refractivity contribution is 0.0247. The third-order valence-corrected chi connectivity index (χ3v) is 4.90. The minimum Gasteiger partial charge on any atom is -0.443 e. The number of carbonyl (C=O) groups excluding carboxylic acids is 2. The van der Waals surface area contributed by atoms with Gasteiger partial charge in [0.25, 0.3) is 5.91 Å². The van der Waals surface area contributed by atoms with Crippen LogP contribution in [0.2, 0.25) is 0 Å². The number of carbonyl (C=O) groups is 2. The van der Waals surface area contributed by atoms with Crippen molar-refractivity contribution in [2.24, 2.45) is 0 Å². The molecule has 0 saturated heterocycles. The minimum atomic E-state index is -0.832. The monoisotopic (exact) mass is 490 g/mol. The van der Waals surface area contributed by atoms with Gasteiger partial charge in [0.2, 0.25) is 0 Å². The second-order valence-corrected chi connectivity index (χ2v) is 8.71. The van der Waals surface area contributed by atoms with Crippen molar-refractivity contribution in [2.45, 2.75) is 32.9 Å². The van der Waals surface area contributed by atoms with Gasteiger partial charge >= 0.3 is 6.09 Å². The van der Waals surface area contributed by atoms with E-state index in [0.717, 1.165) is 17.0 Å². The molecule has 0 N–H and O–H groups in total. The highest BCUT2D eigenvalue weighted by Gasteiger charge is 2.39. The fourth-order valence-electron chi connectivity index (χ4n) is 3.24. The van der Waals surface area contributed by atoms with Crippen LogP contribution in [0.15, 0.2) is 41.1 Å². The van der Waals surface area contributed by atoms with E-state index in [9.17, 15) is 18.4 Å². The molecule has 0 saturated carbocycles. The fourth-order valence-corrected chi connectivity index (χ4v) is 3.53. The molecule has 160 valence electrons. The van der Waals surface area contributed by atoms with Crippen LogP contribution in [0.25, 0.3) is 16.9 Å². The molecule has 31 heavy (non-hydrogen) atoms. The molecule has 0 atom stereocenters. The van der Waals surface area contributed by atoms with Crippen LogP contribution in [0.5, 0.6) is 0 Å². The molecule has 0 radical (unpaired) electrons. The number of ether oxygens (including phenoxy) is 1. The van der Waals surface area contributed by atoms with Gasteiger partial charge in [0.1, 0.15) is 21.8 Å². The van der Waals surface area contributed by atoms with Gasteiger partial charge in [-0.1, -0.05) is 6.07 Å². The van der Waals surface area contributed by atoms with Gasteiger partial charge in [0.15, 0.2) is 0 Å². The van der Waals surface area contributed by atoms with Crippen LogP contribution in [-0.2, 0) is 11.3 Å². The number of halogens is 3. The third kappa shape index (κ3) is 3.95. The normalized spacial score (nSPS) is 13.5. The van der Waals surface area contributed by atoms with E-state index in [1.807, 2.05) is 0 Å². The number of pyridine rings is 1. The van der Waals surface area contributed by atoms with Gasteiger partial charge in [-0.3, -0.25) is 4.79 Å². The van der Waals surface area contributed by atoms with Gasteiger partial charge in [-0.05, 0) is 61.0 Å². The summed E-state index contributed by atoms with van der Waals surface area (Å²) in [5.74, 6) is -2.22. The molecule has 4 rings (SSSR count). The molecule has 2 aromatic heterocycles. The van der Waals surface area contributed by atoms with Crippen molar-refractivity contribution in [1.82, 2.24) is 19.7 Å². The first-order chi connectivity index (χ1) is 14.5. The molecular weight excluding hydrogens is 474 g/mol. The predicted molar refractivity (Wildman–Crippen MR) is 111 cm³/mol. The summed E-state index contributed by atoms with van der Waals surface area (Å²) in [5.41, 5.74) is -0.615. The van der Waals surface area contributed by atoms with E-state index in [0.29, 0.717) is 4.60 Å². The Kier molecular flexibility index (Phi) is 5.12. The molecule has 0 spiro atoms. The average molecular weight is 491 g/mol. The zero-order valence-corrected chi connectivity index (χ0v) is 18.4. The van der Waals surface area contributed by atoms with Crippen molar-refractivity contribution in [1.29, 1.82) is 0 Å². The predicted octanol–water partition coefficient (Wildman–Crippen LogP) is 4.87. The van der Waals surface area contributed by atoms with Crippen molar-refractivity contribution in [2.75, 3.05) is 0 Å². The zero-order valence-electron chi connectivity index (χ0n) is 16.8. The summed E-state index contributed by atoms with van der Waals surface area (Å²) >= 11 is 3.24. The summed E-state index contributed by atoms with van der Waals surface area (Å²) in [4.78, 5) is 30.9. The topological polar surface area (TPSA) is 77.3 Å². The average Bonchev–Trinajstić information content (AvgIpc) is 3.23. The lowest BCUT2D eigenvalue weighted by Gasteiger charge is -2.23. The number of nitrogens with zero attached hydrogens (tertiary/aromatic N) is 4. The molecule has 0 fully saturated rings. The molecule has 2 amide bonds. The highest BCUT2D eigenvalue weighted by atomic mass is 79.9. The number of imide groups is 1. The second kappa shape index (κ2) is 7.52. The maximum atomic E-state index is 14.4. The van der Waals surface area contributed by atoms with Crippen LogP contribution >= 0.6 is 15.9 Å². The van der Waals surface area contributed by atoms with E-state index in [1.165, 1.54) is 16.8 Å². The quantitative estimate of drug-likeness (QED) is 0.512. The van der Waals surface area contributed by atoms with E-state index < -0.39 is 29.2 Å². The van der Waals surface area contributed by atoms with Crippen molar-refractivity contribution in [3.8, 4) is 16.9 Å². The van der Waals surface area contributed by atoms with Crippen LogP contribution < -0.4 is 0 Å². The van der Waals surface area contributed by atoms with Crippen molar-refractivity contribution in [3.05, 3.63) is 64.0 Å². The molecule has 0 aliphatic carbocycles. The Labute approximate surface area is 184 Å². The highest BCUT2D eigenvalue weighted by Crippen LogP contribution is 2.34. The Morgan fingerprint density at radius 1 is 1.16 bits per heavy atom. The standard InChI is InChI=1S/C21H17BrF2N4O3/c1-21(2,3)31-20(30)27-10-14-18(19(27)29)15(28-8-7-16(22)26-28)9-13(25-14)17-11(23)5-4-6-12(17)24/h4-9H,10H2,1-3H3. The van der Waals surface area contributed by atoms with E-state index in [-0.39, 0.29) is 34.7 Å². The maximum absolute atomic E-state index is 14.4. The summed E-state index contributed by atoms with van der Waals surface area (Å²) in [6.07, 6.45) is 0.742. The number of amides is 2. The van der Waals surface area contributed by atoms with Gasteiger partial charge in [-0.2, -0.15) is 5.10 Å². The molecule has 7 nitrogen and oxygen atoms in total. The summed E-state index contributed by atoms with van der Waals surface area (Å²) in [6, 6.07) is 6.50. The van der Waals surface area contributed by atoms with Crippen LogP contribution in [0.1, 0.15) is 36.8 Å². The molecule has 3 aromatic rings. The minimum absolute atomic E-state index is 0.0187. The molecule has 3 heterocycles. The fraction of sp³-hybridized carbons (Fsp3) is 0.238. The summed E-state index contributed by atoms with van der Waals surface area (Å²) in [7, 11) is 0. The SMILES string of the molecule is CC(C)(C)OC(=O)N1Cc2nc(-c3c(F)cccc3F)cc(-n3ccc(Br)n3)c2C1=O. The Balaban J connectivity index is 1.88. The van der Waals surface area contributed by atoms with E-state index in [4.69, 9.17) is 4.74 Å². The molecular formula is C21H17BrF2N4O3. The number of hydrogen-bond donors (Lipinski definition) is 0. The van der Waals surface area contributed by atoms with E-state index >= 15 is 0 Å². The summed E-state index contributed by atoms with van der Waals surface area (Å²) in [5, 5.41) is 4.23. The number of benzene rings is 1. The van der Waals surface area contributed by atoms with E-state index in [2.05, 4.69) is 26.0 Å². The van der Waals surface area contributed by atoms with Crippen LogP contribution in [-0.4, -0.2) is 37.3 Å². The van der Waals surface area contributed by atoms with Crippen LogP contribution in [0.3, 0.4) is 0 Å². The van der Waals surface area contributed by atoms with Gasteiger partial charge < -0.3 is 4.74 Å². The Morgan fingerprint density at radius 2 is 1.84 bits per heavy atom. The maximum Gasteiger partial charge on any atom is 0.417 e. The molecule has 0 unspecified atom stereocenters. The van der Waals surface area contributed by atoms with Crippen molar-refractivity contribution in [3.63, 3.8) is 0 Å². The lowest BCUT2D eigenvalue weighted by Crippen LogP contribution is -2.37. The lowest BCUT2D eigenvalue weighted by atomic mass is 10.1. The Bertz CT molecular complexity index is 1200. The van der Waals surface area contributed by atoms with Gasteiger partial charge in [-0.15, -0.1) is 0 Å². The summed E-state index contributed by atoms with van der Waals surface area (Å²) in [6.45, 7) is 4.86. The molecule has 10 heteroatoms. The number of hydrogen-bond acceptors (Lipinski definition) is 5. The first-order valence-electron chi connectivity index (χ1n) is 9.30. The summed E-state index contributed by atoms with van der Waals surface area (Å²) < 4.78 is 36.0. The first kappa shape index (κ1) is 21.1. The van der Waals surface area contributed by atoms with E-state index in [1.54, 1.807) is 33.0 Å². The van der Waals surface area contributed by atoms with Gasteiger partial charge in [-0.25, -0.2) is 28.1 Å². The molecule has 1 aliphatic heterocycles. The van der Waals surface area contributed by atoms with Crippen molar-refractivity contribution < 1.29 is 23.1 Å². The van der Waals surface area contributed by atoms with Gasteiger partial charge in [0.05, 0.1) is 34.7 Å². The number of rotatable bonds is 2. The number of aromatic nitrogens is 3. The van der Waals surface area contributed by atoms with Crippen LogP contribution in [0.4, 0.5) is 13.6 Å². The first-order valence-corrected chi connectivity index (χ1v) is 10.1. The largest absolute Gasteiger partial charge is 0.443 e. The Hall–Kier alpha value is -3.14. The second-order valence-electron chi connectivity index (χ2n) is 7.90. The third-order valence-electron chi connectivity index (χ3n) is 4.48. The molecule has 0 bridgehead atoms. The molecule has 1 aromatic carbocycles. The highest BCUT2D eigenvalue weighted by molar-refractivity contribution is 9.10. The van der Waals surface area contributed by atoms with Crippen molar-refractivity contribution >= 4 is 27.9 Å².